The Labute approximate surface area is 222 Å². The number of esters is 1. The van der Waals surface area contributed by atoms with Crippen LogP contribution < -0.4 is 15.0 Å². The van der Waals surface area contributed by atoms with Crippen LogP contribution in [0.15, 0.2) is 81.8 Å². The van der Waals surface area contributed by atoms with Crippen molar-refractivity contribution in [1.29, 1.82) is 0 Å². The summed E-state index contributed by atoms with van der Waals surface area (Å²) in [4.78, 5) is 42.3. The molecule has 2 aromatic carbocycles. The van der Waals surface area contributed by atoms with E-state index in [-0.39, 0.29) is 29.1 Å². The van der Waals surface area contributed by atoms with Gasteiger partial charge in [0.2, 0.25) is 21.5 Å². The number of carbonyl (C=O) groups is 2. The fourth-order valence-corrected chi connectivity index (χ4v) is 5.80. The molecule has 2 aromatic heterocycles. The molecule has 1 atom stereocenters. The van der Waals surface area contributed by atoms with Crippen LogP contribution in [0.25, 0.3) is 10.9 Å². The van der Waals surface area contributed by atoms with Crippen LogP contribution in [0.3, 0.4) is 0 Å². The fraction of sp³-hybridized carbons (Fsp3) is 0.192. The van der Waals surface area contributed by atoms with E-state index in [4.69, 9.17) is 9.47 Å². The summed E-state index contributed by atoms with van der Waals surface area (Å²) in [5, 5.41) is 2.33. The fourth-order valence-electron chi connectivity index (χ4n) is 3.88. The van der Waals surface area contributed by atoms with Crippen molar-refractivity contribution in [2.45, 2.75) is 17.5 Å². The number of hydrogen-bond acceptors (Lipinski definition) is 8. The Hall–Kier alpha value is -4.00. The van der Waals surface area contributed by atoms with E-state index in [1.807, 2.05) is 17.5 Å². The van der Waals surface area contributed by atoms with Crippen LogP contribution in [0.1, 0.15) is 16.5 Å². The van der Waals surface area contributed by atoms with Gasteiger partial charge in [0, 0.05) is 22.0 Å². The maximum Gasteiger partial charge on any atom is 0.325 e. The summed E-state index contributed by atoms with van der Waals surface area (Å²) < 4.78 is 39.8. The number of para-hydroxylation sites is 1. The van der Waals surface area contributed by atoms with Crippen LogP contribution in [0.4, 0.5) is 0 Å². The molecule has 0 fully saturated rings. The summed E-state index contributed by atoms with van der Waals surface area (Å²) >= 11 is 1.40. The molecule has 2 N–H and O–H groups in total. The lowest BCUT2D eigenvalue weighted by atomic mass is 10.0. The monoisotopic (exact) mass is 555 g/mol. The number of ether oxygens (including phenoxy) is 2. The highest BCUT2D eigenvalue weighted by molar-refractivity contribution is 7.89. The number of pyridine rings is 1. The molecule has 0 bridgehead atoms. The maximum absolute atomic E-state index is 13.9. The second-order valence-electron chi connectivity index (χ2n) is 8.22. The molecule has 198 valence electrons. The lowest BCUT2D eigenvalue weighted by molar-refractivity contribution is -0.148. The summed E-state index contributed by atoms with van der Waals surface area (Å²) in [5.41, 5.74) is 0.424. The number of nitrogens with zero attached hydrogens (tertiary/aromatic N) is 1. The minimum atomic E-state index is -4.27. The average molecular weight is 556 g/mol. The molecular formula is C26H25N3O7S2. The average Bonchev–Trinajstić information content (AvgIpc) is 3.43. The Kier molecular flexibility index (Phi) is 8.25. The molecular weight excluding hydrogens is 530 g/mol. The molecule has 0 spiro atoms. The van der Waals surface area contributed by atoms with Crippen molar-refractivity contribution >= 4 is 44.1 Å². The summed E-state index contributed by atoms with van der Waals surface area (Å²) in [7, 11) is -1.64. The van der Waals surface area contributed by atoms with Gasteiger partial charge in [0.25, 0.3) is 0 Å². The zero-order valence-corrected chi connectivity index (χ0v) is 22.2. The number of methoxy groups -OCH3 is 2. The Balaban J connectivity index is 1.76. The van der Waals surface area contributed by atoms with Gasteiger partial charge in [-0.15, -0.1) is 11.3 Å². The predicted molar refractivity (Wildman–Crippen MR) is 142 cm³/mol. The number of fused-ring (bicyclic) bond motifs is 1. The van der Waals surface area contributed by atoms with E-state index in [0.717, 1.165) is 4.88 Å². The van der Waals surface area contributed by atoms with Gasteiger partial charge >= 0.3 is 5.97 Å². The smallest absolute Gasteiger partial charge is 0.325 e. The molecule has 4 aromatic rings. The minimum absolute atomic E-state index is 0.0717. The van der Waals surface area contributed by atoms with Crippen molar-refractivity contribution in [1.82, 2.24) is 14.6 Å². The summed E-state index contributed by atoms with van der Waals surface area (Å²) in [6.07, 6.45) is 0. The molecule has 0 aliphatic carbocycles. The van der Waals surface area contributed by atoms with Crippen molar-refractivity contribution in [3.63, 3.8) is 0 Å². The molecule has 0 radical (unpaired) electrons. The van der Waals surface area contributed by atoms with Crippen molar-refractivity contribution in [3.05, 3.63) is 92.9 Å². The highest BCUT2D eigenvalue weighted by Crippen LogP contribution is 2.29. The molecule has 0 aliphatic heterocycles. The summed E-state index contributed by atoms with van der Waals surface area (Å²) in [6, 6.07) is 15.8. The van der Waals surface area contributed by atoms with Gasteiger partial charge in [-0.1, -0.05) is 24.3 Å². The first-order valence-electron chi connectivity index (χ1n) is 11.4. The number of thiophene rings is 1. The van der Waals surface area contributed by atoms with Crippen molar-refractivity contribution < 1.29 is 27.5 Å². The molecule has 0 aliphatic rings. The molecule has 10 nitrogen and oxygen atoms in total. The van der Waals surface area contributed by atoms with Crippen molar-refractivity contribution in [2.24, 2.45) is 0 Å². The number of H-pyrrole nitrogens is 1. The van der Waals surface area contributed by atoms with E-state index < -0.39 is 27.9 Å². The molecule has 12 heteroatoms. The molecule has 0 saturated heterocycles. The molecule has 0 saturated carbocycles. The van der Waals surface area contributed by atoms with E-state index in [9.17, 15) is 22.8 Å². The van der Waals surface area contributed by atoms with Crippen LogP contribution in [-0.2, 0) is 30.9 Å². The number of nitrogens with one attached hydrogen (secondary N) is 2. The Morgan fingerprint density at radius 1 is 1.05 bits per heavy atom. The van der Waals surface area contributed by atoms with Gasteiger partial charge < -0.3 is 19.4 Å². The van der Waals surface area contributed by atoms with Gasteiger partial charge in [-0.2, -0.15) is 4.72 Å². The molecule has 0 unspecified atom stereocenters. The van der Waals surface area contributed by atoms with Crippen LogP contribution in [-0.4, -0.2) is 50.9 Å². The van der Waals surface area contributed by atoms with Crippen LogP contribution in [0.2, 0.25) is 0 Å². The van der Waals surface area contributed by atoms with E-state index in [1.54, 1.807) is 24.3 Å². The normalized spacial score (nSPS) is 12.2. The van der Waals surface area contributed by atoms with Gasteiger partial charge in [0.15, 0.2) is 0 Å². The van der Waals surface area contributed by atoms with Gasteiger partial charge in [-0.05, 0) is 47.2 Å². The molecule has 4 rings (SSSR count). The van der Waals surface area contributed by atoms with Gasteiger partial charge in [0.1, 0.15) is 18.3 Å². The van der Waals surface area contributed by atoms with E-state index >= 15 is 0 Å². The van der Waals surface area contributed by atoms with Crippen molar-refractivity contribution in [3.8, 4) is 5.75 Å². The lowest BCUT2D eigenvalue weighted by Gasteiger charge is -2.28. The number of rotatable bonds is 10. The summed E-state index contributed by atoms with van der Waals surface area (Å²) in [6.45, 7) is -0.313. The van der Waals surface area contributed by atoms with Crippen molar-refractivity contribution in [2.75, 3.05) is 20.8 Å². The number of sulfonamides is 1. The first-order chi connectivity index (χ1) is 18.2. The SMILES string of the molecule is COC(=O)CN(Cc1cccs1)C(=O)[C@H](NS(=O)(=O)c1ccc2[nH]c(=O)ccc2c1)c1ccccc1OC. The first-order valence-corrected chi connectivity index (χ1v) is 13.7. The van der Waals surface area contributed by atoms with Gasteiger partial charge in [-0.25, -0.2) is 8.42 Å². The van der Waals surface area contributed by atoms with E-state index in [0.29, 0.717) is 16.7 Å². The Morgan fingerprint density at radius 3 is 2.55 bits per heavy atom. The number of aromatic nitrogens is 1. The third-order valence-electron chi connectivity index (χ3n) is 5.76. The number of hydrogen-bond donors (Lipinski definition) is 2. The lowest BCUT2D eigenvalue weighted by Crippen LogP contribution is -2.44. The quantitative estimate of drug-likeness (QED) is 0.287. The van der Waals surface area contributed by atoms with Crippen LogP contribution in [0.5, 0.6) is 5.75 Å². The highest BCUT2D eigenvalue weighted by atomic mass is 32.2. The number of benzene rings is 2. The van der Waals surface area contributed by atoms with E-state index in [1.165, 1.54) is 60.8 Å². The standard InChI is InChI=1S/C26H25N3O7S2/c1-35-22-8-4-3-7-20(22)25(26(32)29(16-24(31)36-2)15-18-6-5-13-37-18)28-38(33,34)19-10-11-21-17(14-19)9-12-23(30)27-21/h3-14,25,28H,15-16H2,1-2H3,(H,27,30)/t25-/m1/s1. The summed E-state index contributed by atoms with van der Waals surface area (Å²) in [5.74, 6) is -1.03. The van der Waals surface area contributed by atoms with Gasteiger partial charge in [0.05, 0.1) is 25.7 Å². The minimum Gasteiger partial charge on any atom is -0.496 e. The Morgan fingerprint density at radius 2 is 1.84 bits per heavy atom. The largest absolute Gasteiger partial charge is 0.496 e. The predicted octanol–water partition coefficient (Wildman–Crippen LogP) is 2.82. The van der Waals surface area contributed by atoms with Gasteiger partial charge in [-0.3, -0.25) is 14.4 Å². The second-order valence-corrected chi connectivity index (χ2v) is 11.0. The zero-order chi connectivity index (χ0) is 27.3. The first kappa shape index (κ1) is 27.0. The number of aromatic amines is 1. The molecule has 2 heterocycles. The highest BCUT2D eigenvalue weighted by Gasteiger charge is 2.34. The third-order valence-corrected chi connectivity index (χ3v) is 8.04. The number of carbonyl (C=O) groups excluding carboxylic acids is 2. The third kappa shape index (κ3) is 6.10. The molecule has 1 amide bonds. The number of amides is 1. The topological polar surface area (TPSA) is 135 Å². The maximum atomic E-state index is 13.9. The van der Waals surface area contributed by atoms with Crippen LogP contribution in [0, 0.1) is 0 Å². The molecule has 38 heavy (non-hydrogen) atoms. The zero-order valence-electron chi connectivity index (χ0n) is 20.5. The van der Waals surface area contributed by atoms with Crippen LogP contribution >= 0.6 is 11.3 Å². The van der Waals surface area contributed by atoms with E-state index in [2.05, 4.69) is 9.71 Å². The Bertz CT molecular complexity index is 1620. The second kappa shape index (κ2) is 11.6.